The van der Waals surface area contributed by atoms with Crippen LogP contribution in [-0.2, 0) is 22.8 Å². The van der Waals surface area contributed by atoms with E-state index >= 15 is 0 Å². The summed E-state index contributed by atoms with van der Waals surface area (Å²) >= 11 is 0. The summed E-state index contributed by atoms with van der Waals surface area (Å²) in [5.41, 5.74) is 2.65. The number of para-hydroxylation sites is 2. The summed E-state index contributed by atoms with van der Waals surface area (Å²) in [5, 5.41) is 0.123. The molecule has 1 aromatic carbocycles. The number of imidazole rings is 1. The van der Waals surface area contributed by atoms with Gasteiger partial charge in [-0.1, -0.05) is 12.1 Å². The first-order valence-electron chi connectivity index (χ1n) is 6.60. The minimum Gasteiger partial charge on any atom is -0.314 e. The van der Waals surface area contributed by atoms with E-state index in [1.807, 2.05) is 36.4 Å². The van der Waals surface area contributed by atoms with Gasteiger partial charge in [-0.15, -0.1) is 0 Å². The van der Waals surface area contributed by atoms with Gasteiger partial charge in [-0.2, -0.15) is 0 Å². The molecule has 0 saturated carbocycles. The van der Waals surface area contributed by atoms with Crippen LogP contribution < -0.4 is 0 Å². The summed E-state index contributed by atoms with van der Waals surface area (Å²) < 4.78 is 25.7. The van der Waals surface area contributed by atoms with E-state index in [0.29, 0.717) is 12.1 Å². The largest absolute Gasteiger partial charge is 0.314 e. The number of hydrogen-bond acceptors (Lipinski definition) is 4. The van der Waals surface area contributed by atoms with Crippen molar-refractivity contribution in [2.45, 2.75) is 18.1 Å². The van der Waals surface area contributed by atoms with E-state index in [0.717, 1.165) is 17.5 Å². The van der Waals surface area contributed by atoms with E-state index in [4.69, 9.17) is 0 Å². The predicted octanol–water partition coefficient (Wildman–Crippen LogP) is 2.08. The molecule has 2 heterocycles. The van der Waals surface area contributed by atoms with Gasteiger partial charge in [-0.25, -0.2) is 13.4 Å². The number of aromatic nitrogens is 3. The summed E-state index contributed by atoms with van der Waals surface area (Å²) in [6, 6.07) is 11.3. The first-order chi connectivity index (χ1) is 10.1. The van der Waals surface area contributed by atoms with Gasteiger partial charge in [0.15, 0.2) is 0 Å². The molecule has 0 aliphatic heterocycles. The van der Waals surface area contributed by atoms with Gasteiger partial charge >= 0.3 is 0 Å². The zero-order valence-corrected chi connectivity index (χ0v) is 12.4. The number of aryl methyl sites for hydroxylation is 2. The van der Waals surface area contributed by atoms with Crippen LogP contribution in [0.5, 0.6) is 0 Å². The van der Waals surface area contributed by atoms with Crippen LogP contribution in [0.2, 0.25) is 0 Å². The summed E-state index contributed by atoms with van der Waals surface area (Å²) in [5.74, 6) is 0. The van der Waals surface area contributed by atoms with Crippen molar-refractivity contribution in [3.8, 4) is 0 Å². The molecule has 0 amide bonds. The monoisotopic (exact) mass is 301 g/mol. The van der Waals surface area contributed by atoms with Crippen molar-refractivity contribution in [1.29, 1.82) is 0 Å². The molecule has 108 valence electrons. The lowest BCUT2D eigenvalue weighted by Crippen LogP contribution is -2.11. The first kappa shape index (κ1) is 13.8. The first-order valence-corrected chi connectivity index (χ1v) is 8.49. The van der Waals surface area contributed by atoms with Crippen molar-refractivity contribution < 1.29 is 8.42 Å². The Hall–Kier alpha value is -2.21. The molecular weight excluding hydrogens is 286 g/mol. The normalized spacial score (nSPS) is 11.9. The van der Waals surface area contributed by atoms with Crippen molar-refractivity contribution in [2.24, 2.45) is 0 Å². The maximum Gasteiger partial charge on any atom is 0.228 e. The molecule has 0 aliphatic carbocycles. The SMILES string of the molecule is CS(=O)(=O)c1nc2ccccc2n1CCc1ccncc1. The van der Waals surface area contributed by atoms with Gasteiger partial charge in [0.1, 0.15) is 0 Å². The van der Waals surface area contributed by atoms with Crippen LogP contribution in [0.3, 0.4) is 0 Å². The third-order valence-corrected chi connectivity index (χ3v) is 4.30. The Morgan fingerprint density at radius 1 is 1.10 bits per heavy atom. The van der Waals surface area contributed by atoms with Gasteiger partial charge < -0.3 is 4.57 Å². The Bertz CT molecular complexity index is 870. The van der Waals surface area contributed by atoms with Gasteiger partial charge in [0.25, 0.3) is 0 Å². The molecule has 6 heteroatoms. The molecule has 2 aromatic heterocycles. The standard InChI is InChI=1S/C15H15N3O2S/c1-21(19,20)15-17-13-4-2-3-5-14(13)18(15)11-8-12-6-9-16-10-7-12/h2-7,9-10H,8,11H2,1H3. The minimum absolute atomic E-state index is 0.123. The van der Waals surface area contributed by atoms with Crippen LogP contribution in [0, 0.1) is 0 Å². The predicted molar refractivity (Wildman–Crippen MR) is 80.8 cm³/mol. The smallest absolute Gasteiger partial charge is 0.228 e. The van der Waals surface area contributed by atoms with Crippen LogP contribution in [0.1, 0.15) is 5.56 Å². The zero-order valence-electron chi connectivity index (χ0n) is 11.6. The number of fused-ring (bicyclic) bond motifs is 1. The molecule has 0 aliphatic rings. The number of sulfone groups is 1. The van der Waals surface area contributed by atoms with Gasteiger partial charge in [-0.05, 0) is 36.2 Å². The van der Waals surface area contributed by atoms with E-state index in [1.54, 1.807) is 17.0 Å². The van der Waals surface area contributed by atoms with Crippen LogP contribution in [0.15, 0.2) is 53.9 Å². The fourth-order valence-electron chi connectivity index (χ4n) is 2.34. The van der Waals surface area contributed by atoms with Gasteiger partial charge in [-0.3, -0.25) is 4.98 Å². The molecule has 0 bridgehead atoms. The van der Waals surface area contributed by atoms with Crippen molar-refractivity contribution >= 4 is 20.9 Å². The number of rotatable bonds is 4. The Balaban J connectivity index is 2.03. The van der Waals surface area contributed by atoms with Gasteiger partial charge in [0.05, 0.1) is 11.0 Å². The molecule has 3 aromatic rings. The fourth-order valence-corrected chi connectivity index (χ4v) is 3.20. The Morgan fingerprint density at radius 2 is 1.81 bits per heavy atom. The molecule has 5 nitrogen and oxygen atoms in total. The van der Waals surface area contributed by atoms with Crippen LogP contribution >= 0.6 is 0 Å². The van der Waals surface area contributed by atoms with Crippen LogP contribution in [-0.4, -0.2) is 29.2 Å². The minimum atomic E-state index is -3.36. The summed E-state index contributed by atoms with van der Waals surface area (Å²) in [4.78, 5) is 8.24. The highest BCUT2D eigenvalue weighted by atomic mass is 32.2. The lowest BCUT2D eigenvalue weighted by molar-refractivity contribution is 0.570. The molecule has 0 N–H and O–H groups in total. The summed E-state index contributed by atoms with van der Waals surface area (Å²) in [7, 11) is -3.36. The van der Waals surface area contributed by atoms with E-state index in [-0.39, 0.29) is 5.16 Å². The van der Waals surface area contributed by atoms with Crippen LogP contribution in [0.25, 0.3) is 11.0 Å². The summed E-state index contributed by atoms with van der Waals surface area (Å²) in [6.07, 6.45) is 5.39. The van der Waals surface area contributed by atoms with Crippen molar-refractivity contribution in [3.05, 3.63) is 54.4 Å². The van der Waals surface area contributed by atoms with Gasteiger partial charge in [0.2, 0.25) is 15.0 Å². The maximum atomic E-state index is 11.9. The second kappa shape index (κ2) is 5.29. The molecule has 0 unspecified atom stereocenters. The molecule has 0 radical (unpaired) electrons. The quantitative estimate of drug-likeness (QED) is 0.740. The Morgan fingerprint density at radius 3 is 2.52 bits per heavy atom. The zero-order chi connectivity index (χ0) is 14.9. The lowest BCUT2D eigenvalue weighted by atomic mass is 10.2. The highest BCUT2D eigenvalue weighted by molar-refractivity contribution is 7.90. The lowest BCUT2D eigenvalue weighted by Gasteiger charge is -2.08. The highest BCUT2D eigenvalue weighted by Crippen LogP contribution is 2.20. The van der Waals surface area contributed by atoms with Crippen molar-refractivity contribution in [3.63, 3.8) is 0 Å². The number of hydrogen-bond donors (Lipinski definition) is 0. The number of nitrogens with zero attached hydrogens (tertiary/aromatic N) is 3. The van der Waals surface area contributed by atoms with Crippen LogP contribution in [0.4, 0.5) is 0 Å². The van der Waals surface area contributed by atoms with Crippen molar-refractivity contribution in [2.75, 3.05) is 6.26 Å². The molecule has 0 saturated heterocycles. The second-order valence-electron chi connectivity index (χ2n) is 4.91. The van der Waals surface area contributed by atoms with E-state index in [2.05, 4.69) is 9.97 Å². The maximum absolute atomic E-state index is 11.9. The van der Waals surface area contributed by atoms with E-state index in [9.17, 15) is 8.42 Å². The van der Waals surface area contributed by atoms with Crippen molar-refractivity contribution in [1.82, 2.24) is 14.5 Å². The van der Waals surface area contributed by atoms with E-state index in [1.165, 1.54) is 6.26 Å². The molecule has 0 spiro atoms. The third kappa shape index (κ3) is 2.80. The Labute approximate surface area is 123 Å². The summed E-state index contributed by atoms with van der Waals surface area (Å²) in [6.45, 7) is 0.562. The number of benzene rings is 1. The van der Waals surface area contributed by atoms with E-state index < -0.39 is 9.84 Å². The number of pyridine rings is 1. The molecule has 0 fully saturated rings. The molecule has 0 atom stereocenters. The molecule has 21 heavy (non-hydrogen) atoms. The molecular formula is C15H15N3O2S. The average Bonchev–Trinajstić information content (AvgIpc) is 2.85. The Kier molecular flexibility index (Phi) is 3.47. The molecule has 3 rings (SSSR count). The fraction of sp³-hybridized carbons (Fsp3) is 0.200. The topological polar surface area (TPSA) is 64.8 Å². The van der Waals surface area contributed by atoms with Gasteiger partial charge in [0, 0.05) is 25.2 Å². The average molecular weight is 301 g/mol. The third-order valence-electron chi connectivity index (χ3n) is 3.32. The second-order valence-corrected chi connectivity index (χ2v) is 6.82. The highest BCUT2D eigenvalue weighted by Gasteiger charge is 2.18.